The maximum absolute atomic E-state index is 11.5. The Morgan fingerprint density at radius 3 is 2.81 bits per heavy atom. The molecule has 2 aromatic rings. The average molecular weight is 302 g/mol. The van der Waals surface area contributed by atoms with Gasteiger partial charge in [-0.05, 0) is 30.0 Å². The van der Waals surface area contributed by atoms with Gasteiger partial charge >= 0.3 is 5.97 Å². The smallest absolute Gasteiger partial charge is 0.337 e. The van der Waals surface area contributed by atoms with Crippen LogP contribution < -0.4 is 5.32 Å². The van der Waals surface area contributed by atoms with E-state index in [0.717, 1.165) is 28.2 Å². The second-order valence-electron chi connectivity index (χ2n) is 4.35. The molecule has 2 N–H and O–H groups in total. The van der Waals surface area contributed by atoms with E-state index >= 15 is 0 Å². The highest BCUT2D eigenvalue weighted by Crippen LogP contribution is 2.28. The normalized spacial score (nSPS) is 16.5. The molecule has 2 amide bonds. The summed E-state index contributed by atoms with van der Waals surface area (Å²) in [5.74, 6) is -0.812. The fourth-order valence-electron chi connectivity index (χ4n) is 2.08. The van der Waals surface area contributed by atoms with Crippen molar-refractivity contribution in [3.05, 3.63) is 40.4 Å². The number of fused-ring (bicyclic) bond motifs is 1. The monoisotopic (exact) mass is 302 g/mol. The predicted octanol–water partition coefficient (Wildman–Crippen LogP) is 2.28. The number of aromatic amines is 1. The Hall–Kier alpha value is -2.54. The maximum Gasteiger partial charge on any atom is 0.337 e. The lowest BCUT2D eigenvalue weighted by atomic mass is 10.1. The van der Waals surface area contributed by atoms with Crippen molar-refractivity contribution < 1.29 is 19.1 Å². The predicted molar refractivity (Wildman–Crippen MR) is 78.7 cm³/mol. The summed E-state index contributed by atoms with van der Waals surface area (Å²) >= 11 is 0.866. The van der Waals surface area contributed by atoms with Crippen molar-refractivity contribution in [1.82, 2.24) is 10.3 Å². The van der Waals surface area contributed by atoms with Gasteiger partial charge in [0, 0.05) is 22.7 Å². The molecular formula is C14H10N2O4S. The van der Waals surface area contributed by atoms with Gasteiger partial charge in [-0.3, -0.25) is 14.9 Å². The zero-order chi connectivity index (χ0) is 15.0. The molecule has 1 aliphatic rings. The first-order chi connectivity index (χ1) is 10.1. The number of hydrogen-bond acceptors (Lipinski definition) is 5. The van der Waals surface area contributed by atoms with Gasteiger partial charge in [-0.25, -0.2) is 4.79 Å². The Balaban J connectivity index is 2.02. The third-order valence-corrected chi connectivity index (χ3v) is 3.87. The van der Waals surface area contributed by atoms with Gasteiger partial charge in [0.2, 0.25) is 0 Å². The number of thioether (sulfide) groups is 1. The van der Waals surface area contributed by atoms with E-state index in [1.54, 1.807) is 30.5 Å². The van der Waals surface area contributed by atoms with E-state index in [4.69, 9.17) is 0 Å². The summed E-state index contributed by atoms with van der Waals surface area (Å²) in [5, 5.41) is 2.68. The minimum Gasteiger partial charge on any atom is -0.465 e. The quantitative estimate of drug-likeness (QED) is 0.656. The second kappa shape index (κ2) is 5.10. The van der Waals surface area contributed by atoms with Crippen molar-refractivity contribution >= 4 is 45.9 Å². The summed E-state index contributed by atoms with van der Waals surface area (Å²) in [5.41, 5.74) is 1.96. The van der Waals surface area contributed by atoms with Crippen LogP contribution >= 0.6 is 11.8 Å². The van der Waals surface area contributed by atoms with Gasteiger partial charge in [0.1, 0.15) is 0 Å². The summed E-state index contributed by atoms with van der Waals surface area (Å²) in [4.78, 5) is 37.5. The van der Waals surface area contributed by atoms with Gasteiger partial charge in [-0.2, -0.15) is 0 Å². The van der Waals surface area contributed by atoms with Gasteiger partial charge in [-0.1, -0.05) is 6.07 Å². The number of benzene rings is 1. The Labute approximate surface area is 123 Å². The molecule has 1 aliphatic heterocycles. The van der Waals surface area contributed by atoms with E-state index in [2.05, 4.69) is 15.0 Å². The molecule has 106 valence electrons. The summed E-state index contributed by atoms with van der Waals surface area (Å²) < 4.78 is 4.67. The lowest BCUT2D eigenvalue weighted by Crippen LogP contribution is -2.17. The number of nitrogens with one attached hydrogen (secondary N) is 2. The summed E-state index contributed by atoms with van der Waals surface area (Å²) in [6.45, 7) is 0. The van der Waals surface area contributed by atoms with E-state index in [0.29, 0.717) is 10.5 Å². The van der Waals surface area contributed by atoms with Crippen molar-refractivity contribution in [3.8, 4) is 0 Å². The van der Waals surface area contributed by atoms with E-state index in [1.165, 1.54) is 7.11 Å². The Morgan fingerprint density at radius 1 is 1.33 bits per heavy atom. The number of carbonyl (C=O) groups is 3. The third kappa shape index (κ3) is 2.43. The molecule has 3 rings (SSSR count). The first-order valence-electron chi connectivity index (χ1n) is 6.03. The lowest BCUT2D eigenvalue weighted by Gasteiger charge is -1.99. The standard InChI is InChI=1S/C14H10N2O4S/c1-20-13(18)7-2-3-9-8(6-15-10(9)4-7)5-11-12(17)16-14(19)21-11/h2-6,15H,1H3,(H,16,17,19). The van der Waals surface area contributed by atoms with E-state index in [9.17, 15) is 14.4 Å². The van der Waals surface area contributed by atoms with Gasteiger partial charge in [0.25, 0.3) is 11.1 Å². The van der Waals surface area contributed by atoms with Crippen LogP contribution in [0.3, 0.4) is 0 Å². The number of amides is 2. The first kappa shape index (κ1) is 13.4. The Kier molecular flexibility index (Phi) is 3.26. The van der Waals surface area contributed by atoms with Crippen LogP contribution in [-0.4, -0.2) is 29.2 Å². The van der Waals surface area contributed by atoms with Crippen LogP contribution in [0.4, 0.5) is 4.79 Å². The molecule has 0 aliphatic carbocycles. The number of rotatable bonds is 2. The number of imide groups is 1. The van der Waals surface area contributed by atoms with E-state index in [-0.39, 0.29) is 5.24 Å². The Bertz CT molecular complexity index is 806. The molecule has 1 saturated heterocycles. The van der Waals surface area contributed by atoms with Gasteiger partial charge in [-0.15, -0.1) is 0 Å². The second-order valence-corrected chi connectivity index (χ2v) is 5.36. The summed E-state index contributed by atoms with van der Waals surface area (Å²) in [6, 6.07) is 5.09. The molecule has 7 heteroatoms. The molecule has 0 bridgehead atoms. The van der Waals surface area contributed by atoms with Crippen molar-refractivity contribution in [2.75, 3.05) is 7.11 Å². The molecule has 1 aromatic heterocycles. The molecule has 0 atom stereocenters. The van der Waals surface area contributed by atoms with Crippen LogP contribution in [-0.2, 0) is 9.53 Å². The van der Waals surface area contributed by atoms with Gasteiger partial charge < -0.3 is 9.72 Å². The first-order valence-corrected chi connectivity index (χ1v) is 6.84. The fourth-order valence-corrected chi connectivity index (χ4v) is 2.75. The highest BCUT2D eigenvalue weighted by molar-refractivity contribution is 8.18. The number of esters is 1. The highest BCUT2D eigenvalue weighted by Gasteiger charge is 2.25. The fraction of sp³-hybridized carbons (Fsp3) is 0.0714. The largest absolute Gasteiger partial charge is 0.465 e. The zero-order valence-corrected chi connectivity index (χ0v) is 11.7. The lowest BCUT2D eigenvalue weighted by molar-refractivity contribution is -0.115. The molecule has 1 fully saturated rings. The minimum atomic E-state index is -0.414. The minimum absolute atomic E-state index is 0.345. The number of H-pyrrole nitrogens is 1. The van der Waals surface area contributed by atoms with E-state index < -0.39 is 11.9 Å². The molecule has 0 spiro atoms. The molecule has 0 unspecified atom stereocenters. The van der Waals surface area contributed by atoms with Crippen molar-refractivity contribution in [2.24, 2.45) is 0 Å². The molecule has 21 heavy (non-hydrogen) atoms. The maximum atomic E-state index is 11.5. The van der Waals surface area contributed by atoms with Crippen LogP contribution in [0.15, 0.2) is 29.3 Å². The van der Waals surface area contributed by atoms with Gasteiger partial charge in [0.15, 0.2) is 0 Å². The van der Waals surface area contributed by atoms with E-state index in [1.807, 2.05) is 0 Å². The molecule has 0 radical (unpaired) electrons. The molecule has 6 nitrogen and oxygen atoms in total. The number of methoxy groups -OCH3 is 1. The highest BCUT2D eigenvalue weighted by atomic mass is 32.2. The Morgan fingerprint density at radius 2 is 2.14 bits per heavy atom. The van der Waals surface area contributed by atoms with Crippen molar-refractivity contribution in [1.29, 1.82) is 0 Å². The zero-order valence-electron chi connectivity index (χ0n) is 10.9. The third-order valence-electron chi connectivity index (χ3n) is 3.06. The van der Waals surface area contributed by atoms with Crippen LogP contribution in [0, 0.1) is 0 Å². The SMILES string of the molecule is COC(=O)c1ccc2c(C=C3SC(=O)NC3=O)c[nH]c2c1. The number of hydrogen-bond donors (Lipinski definition) is 2. The van der Waals surface area contributed by atoms with Crippen LogP contribution in [0.5, 0.6) is 0 Å². The molecular weight excluding hydrogens is 292 g/mol. The van der Waals surface area contributed by atoms with Crippen LogP contribution in [0.2, 0.25) is 0 Å². The number of carbonyl (C=O) groups excluding carboxylic acids is 3. The number of aromatic nitrogens is 1. The van der Waals surface area contributed by atoms with Crippen LogP contribution in [0.1, 0.15) is 15.9 Å². The molecule has 2 heterocycles. The van der Waals surface area contributed by atoms with Crippen LogP contribution in [0.25, 0.3) is 17.0 Å². The van der Waals surface area contributed by atoms with Crippen molar-refractivity contribution in [2.45, 2.75) is 0 Å². The molecule has 1 aromatic carbocycles. The molecule has 0 saturated carbocycles. The summed E-state index contributed by atoms with van der Waals surface area (Å²) in [7, 11) is 1.32. The van der Waals surface area contributed by atoms with Crippen molar-refractivity contribution in [3.63, 3.8) is 0 Å². The number of ether oxygens (including phenoxy) is 1. The van der Waals surface area contributed by atoms with Gasteiger partial charge in [0.05, 0.1) is 17.6 Å². The topological polar surface area (TPSA) is 88.3 Å². The summed E-state index contributed by atoms with van der Waals surface area (Å²) in [6.07, 6.45) is 3.36. The average Bonchev–Trinajstić information content (AvgIpc) is 3.01.